The molecular formula is C23H25N3O5. The number of hydrogen-bond donors (Lipinski definition) is 3. The number of aromatic amines is 1. The van der Waals surface area contributed by atoms with Crippen LogP contribution in [0, 0.1) is 0 Å². The second kappa shape index (κ2) is 8.59. The van der Waals surface area contributed by atoms with E-state index in [4.69, 9.17) is 14.2 Å². The molecule has 1 aromatic heterocycles. The van der Waals surface area contributed by atoms with Crippen LogP contribution in [0.5, 0.6) is 17.2 Å². The first-order valence-electron chi connectivity index (χ1n) is 10.1. The third-order valence-electron chi connectivity index (χ3n) is 5.59. The Morgan fingerprint density at radius 3 is 2.26 bits per heavy atom. The maximum atomic E-state index is 12.8. The van der Waals surface area contributed by atoms with E-state index in [-0.39, 0.29) is 5.56 Å². The number of benzene rings is 2. The largest absolute Gasteiger partial charge is 0.493 e. The molecule has 8 heteroatoms. The van der Waals surface area contributed by atoms with Crippen LogP contribution >= 0.6 is 0 Å². The SMILES string of the molecule is COc1cc(C(=O)NNC(=O)c2cccc3c4c([nH]c23)CCCC4)cc(OC)c1OC. The van der Waals surface area contributed by atoms with Crippen LogP contribution in [-0.2, 0) is 12.8 Å². The number of amides is 2. The highest BCUT2D eigenvalue weighted by atomic mass is 16.5. The Kier molecular flexibility index (Phi) is 5.70. The summed E-state index contributed by atoms with van der Waals surface area (Å²) >= 11 is 0. The zero-order valence-corrected chi connectivity index (χ0v) is 17.8. The van der Waals surface area contributed by atoms with Crippen LogP contribution in [0.2, 0.25) is 0 Å². The quantitative estimate of drug-likeness (QED) is 0.547. The number of ether oxygens (including phenoxy) is 3. The van der Waals surface area contributed by atoms with Crippen LogP contribution in [0.15, 0.2) is 30.3 Å². The predicted molar refractivity (Wildman–Crippen MR) is 116 cm³/mol. The van der Waals surface area contributed by atoms with Gasteiger partial charge in [0, 0.05) is 16.6 Å². The maximum Gasteiger partial charge on any atom is 0.271 e. The molecular weight excluding hydrogens is 398 g/mol. The van der Waals surface area contributed by atoms with E-state index in [2.05, 4.69) is 15.8 Å². The van der Waals surface area contributed by atoms with Crippen LogP contribution < -0.4 is 25.1 Å². The van der Waals surface area contributed by atoms with E-state index in [0.29, 0.717) is 22.8 Å². The van der Waals surface area contributed by atoms with E-state index in [1.54, 1.807) is 6.07 Å². The van der Waals surface area contributed by atoms with Crippen LogP contribution in [-0.4, -0.2) is 38.1 Å². The van der Waals surface area contributed by atoms with Crippen molar-refractivity contribution < 1.29 is 23.8 Å². The normalized spacial score (nSPS) is 12.7. The van der Waals surface area contributed by atoms with E-state index >= 15 is 0 Å². The number of methoxy groups -OCH3 is 3. The monoisotopic (exact) mass is 423 g/mol. The number of para-hydroxylation sites is 1. The fraction of sp³-hybridized carbons (Fsp3) is 0.304. The van der Waals surface area contributed by atoms with Crippen molar-refractivity contribution in [2.24, 2.45) is 0 Å². The Morgan fingerprint density at radius 2 is 1.58 bits per heavy atom. The molecule has 162 valence electrons. The summed E-state index contributed by atoms with van der Waals surface area (Å²) in [5.41, 5.74) is 8.98. The molecule has 0 bridgehead atoms. The van der Waals surface area contributed by atoms with Crippen LogP contribution in [0.3, 0.4) is 0 Å². The van der Waals surface area contributed by atoms with Gasteiger partial charge in [-0.2, -0.15) is 0 Å². The molecule has 2 amide bonds. The highest BCUT2D eigenvalue weighted by molar-refractivity contribution is 6.08. The Labute approximate surface area is 179 Å². The van der Waals surface area contributed by atoms with Gasteiger partial charge in [-0.1, -0.05) is 12.1 Å². The Hall–Kier alpha value is -3.68. The molecule has 1 aliphatic rings. The molecule has 0 aliphatic heterocycles. The molecule has 3 N–H and O–H groups in total. The lowest BCUT2D eigenvalue weighted by molar-refractivity contribution is 0.0847. The van der Waals surface area contributed by atoms with Gasteiger partial charge < -0.3 is 19.2 Å². The van der Waals surface area contributed by atoms with Crippen LogP contribution in [0.25, 0.3) is 10.9 Å². The predicted octanol–water partition coefficient (Wildman–Crippen LogP) is 3.15. The number of fused-ring (bicyclic) bond motifs is 3. The third kappa shape index (κ3) is 3.76. The average molecular weight is 423 g/mol. The number of nitrogens with one attached hydrogen (secondary N) is 3. The number of aromatic nitrogens is 1. The smallest absolute Gasteiger partial charge is 0.271 e. The maximum absolute atomic E-state index is 12.8. The van der Waals surface area contributed by atoms with Crippen LogP contribution in [0.1, 0.15) is 44.8 Å². The van der Waals surface area contributed by atoms with Crippen molar-refractivity contribution in [1.82, 2.24) is 15.8 Å². The second-order valence-corrected chi connectivity index (χ2v) is 7.34. The molecule has 8 nitrogen and oxygen atoms in total. The fourth-order valence-corrected chi connectivity index (χ4v) is 4.08. The molecule has 0 radical (unpaired) electrons. The topological polar surface area (TPSA) is 102 Å². The van der Waals surface area contributed by atoms with Gasteiger partial charge in [0.1, 0.15) is 0 Å². The first-order chi connectivity index (χ1) is 15.1. The van der Waals surface area contributed by atoms with Crippen molar-refractivity contribution in [3.63, 3.8) is 0 Å². The number of H-pyrrole nitrogens is 1. The molecule has 0 atom stereocenters. The zero-order chi connectivity index (χ0) is 22.0. The number of carbonyl (C=O) groups is 2. The van der Waals surface area contributed by atoms with Crippen molar-refractivity contribution in [2.45, 2.75) is 25.7 Å². The lowest BCUT2D eigenvalue weighted by Gasteiger charge is -2.14. The Bertz CT molecular complexity index is 1130. The molecule has 0 unspecified atom stereocenters. The number of hydrazine groups is 1. The standard InChI is InChI=1S/C23H25N3O5/c1-29-18-11-13(12-19(30-2)21(18)31-3)22(27)25-26-23(28)16-9-6-8-15-14-7-4-5-10-17(14)24-20(15)16/h6,8-9,11-12,24H,4-5,7,10H2,1-3H3,(H,25,27)(H,26,28). The number of aryl methyl sites for hydroxylation is 2. The fourth-order valence-electron chi connectivity index (χ4n) is 4.08. The molecule has 0 fully saturated rings. The van der Waals surface area contributed by atoms with Gasteiger partial charge in [0.15, 0.2) is 11.5 Å². The second-order valence-electron chi connectivity index (χ2n) is 7.34. The van der Waals surface area contributed by atoms with Crippen molar-refractivity contribution in [2.75, 3.05) is 21.3 Å². The van der Waals surface area contributed by atoms with Gasteiger partial charge in [0.05, 0.1) is 32.4 Å². The van der Waals surface area contributed by atoms with Gasteiger partial charge in [0.25, 0.3) is 11.8 Å². The van der Waals surface area contributed by atoms with Crippen molar-refractivity contribution >= 4 is 22.7 Å². The lowest BCUT2D eigenvalue weighted by Crippen LogP contribution is -2.41. The minimum atomic E-state index is -0.509. The molecule has 2 aromatic carbocycles. The summed E-state index contributed by atoms with van der Waals surface area (Å²) in [6.07, 6.45) is 4.30. The molecule has 1 heterocycles. The molecule has 1 aliphatic carbocycles. The number of rotatable bonds is 5. The first kappa shape index (κ1) is 20.6. The molecule has 0 saturated carbocycles. The summed E-state index contributed by atoms with van der Waals surface area (Å²) in [6, 6.07) is 8.67. The average Bonchev–Trinajstić information content (AvgIpc) is 3.20. The number of carbonyl (C=O) groups excluding carboxylic acids is 2. The van der Waals surface area contributed by atoms with Crippen molar-refractivity contribution in [3.8, 4) is 17.2 Å². The van der Waals surface area contributed by atoms with Crippen molar-refractivity contribution in [1.29, 1.82) is 0 Å². The van der Waals surface area contributed by atoms with E-state index < -0.39 is 11.8 Å². The van der Waals surface area contributed by atoms with Crippen molar-refractivity contribution in [3.05, 3.63) is 52.7 Å². The summed E-state index contributed by atoms with van der Waals surface area (Å²) in [5, 5.41) is 1.07. The summed E-state index contributed by atoms with van der Waals surface area (Å²) < 4.78 is 15.8. The molecule has 31 heavy (non-hydrogen) atoms. The van der Waals surface area contributed by atoms with Gasteiger partial charge in [-0.05, 0) is 49.4 Å². The van der Waals surface area contributed by atoms with Gasteiger partial charge in [-0.3, -0.25) is 20.4 Å². The molecule has 0 spiro atoms. The first-order valence-corrected chi connectivity index (χ1v) is 10.1. The molecule has 3 aromatic rings. The highest BCUT2D eigenvalue weighted by Crippen LogP contribution is 2.38. The summed E-state index contributed by atoms with van der Waals surface area (Å²) in [4.78, 5) is 28.9. The van der Waals surface area contributed by atoms with Gasteiger partial charge in [0.2, 0.25) is 5.75 Å². The minimum Gasteiger partial charge on any atom is -0.493 e. The Balaban J connectivity index is 1.54. The van der Waals surface area contributed by atoms with E-state index in [1.165, 1.54) is 44.7 Å². The van der Waals surface area contributed by atoms with E-state index in [0.717, 1.165) is 36.6 Å². The highest BCUT2D eigenvalue weighted by Gasteiger charge is 2.21. The molecule has 4 rings (SSSR count). The summed E-state index contributed by atoms with van der Waals surface area (Å²) in [7, 11) is 4.42. The minimum absolute atomic E-state index is 0.253. The van der Waals surface area contributed by atoms with Gasteiger partial charge in [-0.25, -0.2) is 0 Å². The van der Waals surface area contributed by atoms with E-state index in [9.17, 15) is 9.59 Å². The Morgan fingerprint density at radius 1 is 0.903 bits per heavy atom. The molecule has 0 saturated heterocycles. The van der Waals surface area contributed by atoms with Crippen LogP contribution in [0.4, 0.5) is 0 Å². The van der Waals surface area contributed by atoms with Gasteiger partial charge in [-0.15, -0.1) is 0 Å². The zero-order valence-electron chi connectivity index (χ0n) is 17.8. The summed E-state index contributed by atoms with van der Waals surface area (Å²) in [5.74, 6) is 0.170. The number of hydrogen-bond acceptors (Lipinski definition) is 5. The van der Waals surface area contributed by atoms with E-state index in [1.807, 2.05) is 12.1 Å². The lowest BCUT2D eigenvalue weighted by atomic mass is 9.95. The third-order valence-corrected chi connectivity index (χ3v) is 5.59. The van der Waals surface area contributed by atoms with Gasteiger partial charge >= 0.3 is 0 Å². The summed E-state index contributed by atoms with van der Waals surface area (Å²) in [6.45, 7) is 0.